The lowest BCUT2D eigenvalue weighted by atomic mass is 10.1. The average molecular weight is 432 g/mol. The first-order valence-corrected chi connectivity index (χ1v) is 10.5. The lowest BCUT2D eigenvalue weighted by Crippen LogP contribution is -2.17. The molecule has 0 aliphatic heterocycles. The lowest BCUT2D eigenvalue weighted by molar-refractivity contribution is 0.102. The van der Waals surface area contributed by atoms with Gasteiger partial charge in [-0.15, -0.1) is 0 Å². The van der Waals surface area contributed by atoms with Crippen LogP contribution in [-0.2, 0) is 6.54 Å². The molecule has 0 bridgehead atoms. The van der Waals surface area contributed by atoms with Crippen LogP contribution in [0, 0.1) is 32.1 Å². The Morgan fingerprint density at radius 1 is 1.25 bits per heavy atom. The number of nitriles is 1. The molecule has 1 amide bonds. The Morgan fingerprint density at radius 2 is 2.03 bits per heavy atom. The van der Waals surface area contributed by atoms with Crippen molar-refractivity contribution in [2.45, 2.75) is 53.6 Å². The number of aromatic nitrogens is 5. The molecule has 0 spiro atoms. The Labute approximate surface area is 185 Å². The number of fused-ring (bicyclic) bond motifs is 1. The Hall–Kier alpha value is -3.93. The summed E-state index contributed by atoms with van der Waals surface area (Å²) in [6, 6.07) is 7.66. The fourth-order valence-electron chi connectivity index (χ4n) is 3.76. The summed E-state index contributed by atoms with van der Waals surface area (Å²) >= 11 is 0. The SMILES string of the molecule is Cc1cc(NC(=O)c2cc(-c3cc(C)oc3C)nc3c2cnn3C(C)C)n(CCC#N)n1. The van der Waals surface area contributed by atoms with Gasteiger partial charge < -0.3 is 9.73 Å². The second-order valence-electron chi connectivity index (χ2n) is 8.06. The van der Waals surface area contributed by atoms with E-state index in [1.54, 1.807) is 27.7 Å². The fourth-order valence-corrected chi connectivity index (χ4v) is 3.76. The molecule has 4 rings (SSSR count). The molecule has 0 aliphatic carbocycles. The summed E-state index contributed by atoms with van der Waals surface area (Å²) in [5.74, 6) is 1.76. The highest BCUT2D eigenvalue weighted by Gasteiger charge is 2.21. The molecular formula is C23H25N7O2. The predicted octanol–water partition coefficient (Wildman–Crippen LogP) is 4.56. The van der Waals surface area contributed by atoms with Crippen LogP contribution in [0.5, 0.6) is 0 Å². The molecule has 9 heteroatoms. The Balaban J connectivity index is 1.82. The van der Waals surface area contributed by atoms with E-state index >= 15 is 0 Å². The van der Waals surface area contributed by atoms with Crippen LogP contribution < -0.4 is 5.32 Å². The maximum atomic E-state index is 13.4. The maximum Gasteiger partial charge on any atom is 0.257 e. The van der Waals surface area contributed by atoms with E-state index in [1.165, 1.54) is 0 Å². The summed E-state index contributed by atoms with van der Waals surface area (Å²) in [4.78, 5) is 18.2. The van der Waals surface area contributed by atoms with Gasteiger partial charge in [0.05, 0.1) is 47.6 Å². The number of pyridine rings is 1. The summed E-state index contributed by atoms with van der Waals surface area (Å²) < 4.78 is 9.13. The van der Waals surface area contributed by atoms with Crippen molar-refractivity contribution in [1.29, 1.82) is 5.26 Å². The van der Waals surface area contributed by atoms with Crippen molar-refractivity contribution in [1.82, 2.24) is 24.5 Å². The summed E-state index contributed by atoms with van der Waals surface area (Å²) in [6.07, 6.45) is 1.97. The minimum absolute atomic E-state index is 0.0772. The number of hydrogen-bond acceptors (Lipinski definition) is 6. The zero-order chi connectivity index (χ0) is 23.0. The van der Waals surface area contributed by atoms with E-state index in [1.807, 2.05) is 40.7 Å². The van der Waals surface area contributed by atoms with Gasteiger partial charge in [0.2, 0.25) is 0 Å². The summed E-state index contributed by atoms with van der Waals surface area (Å²) in [6.45, 7) is 10.0. The molecule has 0 saturated heterocycles. The quantitative estimate of drug-likeness (QED) is 0.479. The van der Waals surface area contributed by atoms with Crippen molar-refractivity contribution in [3.8, 4) is 17.3 Å². The Morgan fingerprint density at radius 3 is 2.69 bits per heavy atom. The van der Waals surface area contributed by atoms with Crippen molar-refractivity contribution in [2.24, 2.45) is 0 Å². The van der Waals surface area contributed by atoms with Crippen LogP contribution in [-0.4, -0.2) is 30.5 Å². The first kappa shape index (κ1) is 21.3. The highest BCUT2D eigenvalue weighted by Crippen LogP contribution is 2.30. The maximum absolute atomic E-state index is 13.4. The van der Waals surface area contributed by atoms with E-state index in [4.69, 9.17) is 14.7 Å². The van der Waals surface area contributed by atoms with E-state index in [0.29, 0.717) is 41.1 Å². The molecule has 0 unspecified atom stereocenters. The molecule has 0 aromatic carbocycles. The molecule has 164 valence electrons. The van der Waals surface area contributed by atoms with E-state index in [2.05, 4.69) is 21.6 Å². The van der Waals surface area contributed by atoms with E-state index in [0.717, 1.165) is 22.8 Å². The molecule has 4 heterocycles. The van der Waals surface area contributed by atoms with Crippen LogP contribution in [0.4, 0.5) is 5.82 Å². The molecule has 0 radical (unpaired) electrons. The third-order valence-corrected chi connectivity index (χ3v) is 5.20. The number of hydrogen-bond donors (Lipinski definition) is 1. The first-order chi connectivity index (χ1) is 15.3. The Bertz CT molecular complexity index is 1350. The molecule has 4 aromatic rings. The first-order valence-electron chi connectivity index (χ1n) is 10.5. The summed E-state index contributed by atoms with van der Waals surface area (Å²) in [5, 5.41) is 21.4. The van der Waals surface area contributed by atoms with E-state index in [-0.39, 0.29) is 11.9 Å². The highest BCUT2D eigenvalue weighted by molar-refractivity contribution is 6.12. The topological polar surface area (TPSA) is 115 Å². The highest BCUT2D eigenvalue weighted by atomic mass is 16.3. The molecule has 4 aromatic heterocycles. The van der Waals surface area contributed by atoms with Crippen molar-refractivity contribution in [3.05, 3.63) is 47.2 Å². The second-order valence-corrected chi connectivity index (χ2v) is 8.06. The van der Waals surface area contributed by atoms with Gasteiger partial charge in [0.15, 0.2) is 5.65 Å². The van der Waals surface area contributed by atoms with Crippen molar-refractivity contribution >= 4 is 22.8 Å². The summed E-state index contributed by atoms with van der Waals surface area (Å²) in [7, 11) is 0. The number of amides is 1. The minimum Gasteiger partial charge on any atom is -0.466 e. The molecule has 1 N–H and O–H groups in total. The summed E-state index contributed by atoms with van der Waals surface area (Å²) in [5.41, 5.74) is 3.34. The third-order valence-electron chi connectivity index (χ3n) is 5.20. The van der Waals surface area contributed by atoms with Crippen molar-refractivity contribution < 1.29 is 9.21 Å². The monoisotopic (exact) mass is 431 g/mol. The molecule has 32 heavy (non-hydrogen) atoms. The minimum atomic E-state index is -0.294. The Kier molecular flexibility index (Phi) is 5.53. The number of nitrogens with one attached hydrogen (secondary N) is 1. The molecule has 0 atom stereocenters. The molecular weight excluding hydrogens is 406 g/mol. The number of furan rings is 1. The van der Waals surface area contributed by atoms with Gasteiger partial charge in [-0.1, -0.05) is 0 Å². The van der Waals surface area contributed by atoms with Crippen LogP contribution in [0.25, 0.3) is 22.3 Å². The average Bonchev–Trinajstić information content (AvgIpc) is 3.41. The lowest BCUT2D eigenvalue weighted by Gasteiger charge is -2.11. The smallest absolute Gasteiger partial charge is 0.257 e. The van der Waals surface area contributed by atoms with Gasteiger partial charge in [-0.25, -0.2) is 14.3 Å². The number of rotatable bonds is 6. The van der Waals surface area contributed by atoms with Crippen molar-refractivity contribution in [3.63, 3.8) is 0 Å². The van der Waals surface area contributed by atoms with Gasteiger partial charge in [0.1, 0.15) is 17.3 Å². The molecule has 0 saturated carbocycles. The van der Waals surface area contributed by atoms with Crippen LogP contribution in [0.3, 0.4) is 0 Å². The van der Waals surface area contributed by atoms with Gasteiger partial charge in [-0.3, -0.25) is 4.79 Å². The van der Waals surface area contributed by atoms with Gasteiger partial charge in [-0.2, -0.15) is 15.5 Å². The third kappa shape index (κ3) is 3.87. The number of nitrogens with zero attached hydrogens (tertiary/aromatic N) is 6. The van der Waals surface area contributed by atoms with Crippen LogP contribution in [0.1, 0.15) is 53.9 Å². The second kappa shape index (κ2) is 8.30. The van der Waals surface area contributed by atoms with Crippen LogP contribution >= 0.6 is 0 Å². The van der Waals surface area contributed by atoms with Gasteiger partial charge in [-0.05, 0) is 46.8 Å². The van der Waals surface area contributed by atoms with E-state index < -0.39 is 0 Å². The predicted molar refractivity (Wildman–Crippen MR) is 120 cm³/mol. The van der Waals surface area contributed by atoms with Crippen molar-refractivity contribution in [2.75, 3.05) is 5.32 Å². The number of carbonyl (C=O) groups is 1. The molecule has 0 fully saturated rings. The van der Waals surface area contributed by atoms with Crippen LogP contribution in [0.2, 0.25) is 0 Å². The number of aryl methyl sites for hydroxylation is 4. The standard InChI is InChI=1S/C23H25N7O2/c1-13(2)30-22-19(12-25-30)18(11-20(26-22)17-10-15(4)32-16(17)5)23(31)27-21-9-14(3)28-29(21)8-6-7-24/h9-13H,6,8H2,1-5H3,(H,27,31). The van der Waals surface area contributed by atoms with E-state index in [9.17, 15) is 4.79 Å². The zero-order valence-electron chi connectivity index (χ0n) is 18.8. The largest absolute Gasteiger partial charge is 0.466 e. The molecule has 0 aliphatic rings. The molecule has 9 nitrogen and oxygen atoms in total. The fraction of sp³-hybridized carbons (Fsp3) is 0.348. The van der Waals surface area contributed by atoms with Gasteiger partial charge in [0, 0.05) is 17.7 Å². The van der Waals surface area contributed by atoms with Crippen LogP contribution in [0.15, 0.2) is 28.8 Å². The zero-order valence-corrected chi connectivity index (χ0v) is 18.8. The number of anilines is 1. The normalized spacial score (nSPS) is 11.3. The van der Waals surface area contributed by atoms with Gasteiger partial charge >= 0.3 is 0 Å². The number of carbonyl (C=O) groups excluding carboxylic acids is 1. The van der Waals surface area contributed by atoms with Gasteiger partial charge in [0.25, 0.3) is 5.91 Å².